The van der Waals surface area contributed by atoms with Crippen LogP contribution in [0.25, 0.3) is 0 Å². The van der Waals surface area contributed by atoms with E-state index in [9.17, 15) is 9.59 Å². The third-order valence-electron chi connectivity index (χ3n) is 2.55. The summed E-state index contributed by atoms with van der Waals surface area (Å²) in [5.41, 5.74) is 5.12. The predicted molar refractivity (Wildman–Crippen MR) is 42.0 cm³/mol. The van der Waals surface area contributed by atoms with Crippen LogP contribution in [-0.4, -0.2) is 29.3 Å². The summed E-state index contributed by atoms with van der Waals surface area (Å²) in [7, 11) is 0. The van der Waals surface area contributed by atoms with Crippen LogP contribution in [0.4, 0.5) is 0 Å². The lowest BCUT2D eigenvalue weighted by atomic mass is 10.1. The highest BCUT2D eigenvalue weighted by atomic mass is 16.2. The van der Waals surface area contributed by atoms with Gasteiger partial charge in [0.05, 0.1) is 5.92 Å². The second-order valence-electron chi connectivity index (χ2n) is 3.58. The molecule has 0 bridgehead atoms. The molecule has 0 radical (unpaired) electrons. The Morgan fingerprint density at radius 1 is 1.50 bits per heavy atom. The van der Waals surface area contributed by atoms with Crippen molar-refractivity contribution in [2.75, 3.05) is 6.54 Å². The minimum Gasteiger partial charge on any atom is -0.369 e. The largest absolute Gasteiger partial charge is 0.369 e. The molecule has 4 nitrogen and oxygen atoms in total. The maximum absolute atomic E-state index is 11.3. The number of hydrogen-bond donors (Lipinski definition) is 1. The first kappa shape index (κ1) is 7.58. The highest BCUT2D eigenvalue weighted by molar-refractivity contribution is 5.88. The number of likely N-dealkylation sites (tertiary alicyclic amines) is 1. The van der Waals surface area contributed by atoms with Gasteiger partial charge in [0.15, 0.2) is 0 Å². The molecule has 1 heterocycles. The molecule has 1 saturated heterocycles. The molecule has 1 atom stereocenters. The topological polar surface area (TPSA) is 63.4 Å². The molecule has 1 unspecified atom stereocenters. The number of hydrogen-bond acceptors (Lipinski definition) is 2. The van der Waals surface area contributed by atoms with E-state index in [2.05, 4.69) is 0 Å². The van der Waals surface area contributed by atoms with Crippen LogP contribution < -0.4 is 5.73 Å². The maximum atomic E-state index is 11.3. The second kappa shape index (κ2) is 2.47. The number of nitrogens with two attached hydrogens (primary N) is 1. The smallest absolute Gasteiger partial charge is 0.223 e. The normalized spacial score (nSPS) is 29.5. The average Bonchev–Trinajstić information content (AvgIpc) is 2.75. The Hall–Kier alpha value is -1.06. The zero-order valence-electron chi connectivity index (χ0n) is 6.82. The van der Waals surface area contributed by atoms with E-state index in [1.54, 1.807) is 4.90 Å². The van der Waals surface area contributed by atoms with Gasteiger partial charge < -0.3 is 10.6 Å². The van der Waals surface area contributed by atoms with Crippen LogP contribution in [0, 0.1) is 5.92 Å². The number of nitrogens with zero attached hydrogens (tertiary/aromatic N) is 1. The Morgan fingerprint density at radius 3 is 2.58 bits per heavy atom. The molecule has 0 spiro atoms. The Balaban J connectivity index is 2.01. The summed E-state index contributed by atoms with van der Waals surface area (Å²) < 4.78 is 0. The molecule has 2 N–H and O–H groups in total. The van der Waals surface area contributed by atoms with Crippen LogP contribution in [0.15, 0.2) is 0 Å². The van der Waals surface area contributed by atoms with Crippen molar-refractivity contribution in [3.8, 4) is 0 Å². The Morgan fingerprint density at radius 2 is 2.17 bits per heavy atom. The number of rotatable bonds is 2. The van der Waals surface area contributed by atoms with E-state index in [0.717, 1.165) is 12.8 Å². The standard InChI is InChI=1S/C8H12N2O2/c9-8(12)5-3-7(11)10(4-5)6-1-2-6/h5-6H,1-4H2,(H2,9,12). The molecule has 2 aliphatic rings. The number of amides is 2. The molecule has 2 rings (SSSR count). The van der Waals surface area contributed by atoms with Crippen molar-refractivity contribution in [3.63, 3.8) is 0 Å². The summed E-state index contributed by atoms with van der Waals surface area (Å²) in [4.78, 5) is 23.9. The van der Waals surface area contributed by atoms with Gasteiger partial charge in [-0.05, 0) is 12.8 Å². The Kier molecular flexibility index (Phi) is 1.56. The Bertz CT molecular complexity index is 235. The zero-order valence-corrected chi connectivity index (χ0v) is 6.82. The molecule has 0 aromatic carbocycles. The van der Waals surface area contributed by atoms with E-state index in [4.69, 9.17) is 5.73 Å². The van der Waals surface area contributed by atoms with Crippen molar-refractivity contribution >= 4 is 11.8 Å². The summed E-state index contributed by atoms with van der Waals surface area (Å²) in [5, 5.41) is 0. The van der Waals surface area contributed by atoms with E-state index >= 15 is 0 Å². The van der Waals surface area contributed by atoms with Crippen LogP contribution in [0.3, 0.4) is 0 Å². The number of carbonyl (C=O) groups is 2. The van der Waals surface area contributed by atoms with Gasteiger partial charge in [0.2, 0.25) is 11.8 Å². The Labute approximate surface area is 70.7 Å². The van der Waals surface area contributed by atoms with Crippen LogP contribution in [0.2, 0.25) is 0 Å². The molecule has 0 aromatic rings. The molecule has 12 heavy (non-hydrogen) atoms. The van der Waals surface area contributed by atoms with Crippen molar-refractivity contribution in [3.05, 3.63) is 0 Å². The molecular formula is C8H12N2O2. The van der Waals surface area contributed by atoms with Crippen molar-refractivity contribution in [1.29, 1.82) is 0 Å². The number of primary amides is 1. The van der Waals surface area contributed by atoms with E-state index in [-0.39, 0.29) is 17.7 Å². The zero-order chi connectivity index (χ0) is 8.72. The summed E-state index contributed by atoms with van der Waals surface area (Å²) in [6.07, 6.45) is 2.51. The second-order valence-corrected chi connectivity index (χ2v) is 3.58. The fourth-order valence-electron chi connectivity index (χ4n) is 1.66. The molecule has 1 saturated carbocycles. The van der Waals surface area contributed by atoms with Gasteiger partial charge in [0.1, 0.15) is 0 Å². The minimum absolute atomic E-state index is 0.0984. The van der Waals surface area contributed by atoms with Gasteiger partial charge in [-0.25, -0.2) is 0 Å². The molecule has 4 heteroatoms. The van der Waals surface area contributed by atoms with E-state index in [0.29, 0.717) is 19.0 Å². The van der Waals surface area contributed by atoms with Crippen LogP contribution in [0.1, 0.15) is 19.3 Å². The van der Waals surface area contributed by atoms with Gasteiger partial charge in [0, 0.05) is 19.0 Å². The van der Waals surface area contributed by atoms with Gasteiger partial charge in [0.25, 0.3) is 0 Å². The molecule has 2 amide bonds. The summed E-state index contributed by atoms with van der Waals surface area (Å²) in [5.74, 6) is -0.481. The SMILES string of the molecule is NC(=O)C1CC(=O)N(C2CC2)C1. The minimum atomic E-state index is -0.341. The molecule has 1 aliphatic carbocycles. The molecule has 0 aromatic heterocycles. The van der Waals surface area contributed by atoms with Gasteiger partial charge in [-0.2, -0.15) is 0 Å². The lowest BCUT2D eigenvalue weighted by Gasteiger charge is -2.13. The third-order valence-corrected chi connectivity index (χ3v) is 2.55. The number of carbonyl (C=O) groups excluding carboxylic acids is 2. The highest BCUT2D eigenvalue weighted by Gasteiger charge is 2.40. The van der Waals surface area contributed by atoms with Crippen LogP contribution >= 0.6 is 0 Å². The molecule has 1 aliphatic heterocycles. The predicted octanol–water partition coefficient (Wildman–Crippen LogP) is -0.517. The van der Waals surface area contributed by atoms with Crippen molar-refractivity contribution in [2.45, 2.75) is 25.3 Å². The van der Waals surface area contributed by atoms with E-state index in [1.807, 2.05) is 0 Å². The molecular weight excluding hydrogens is 156 g/mol. The fourth-order valence-corrected chi connectivity index (χ4v) is 1.66. The van der Waals surface area contributed by atoms with Crippen molar-refractivity contribution < 1.29 is 9.59 Å². The first-order chi connectivity index (χ1) is 5.68. The summed E-state index contributed by atoms with van der Waals surface area (Å²) in [6, 6.07) is 0.418. The van der Waals surface area contributed by atoms with Crippen molar-refractivity contribution in [2.24, 2.45) is 11.7 Å². The van der Waals surface area contributed by atoms with Crippen LogP contribution in [0.5, 0.6) is 0 Å². The average molecular weight is 168 g/mol. The highest BCUT2D eigenvalue weighted by Crippen LogP contribution is 2.32. The maximum Gasteiger partial charge on any atom is 0.223 e. The summed E-state index contributed by atoms with van der Waals surface area (Å²) >= 11 is 0. The summed E-state index contributed by atoms with van der Waals surface area (Å²) in [6.45, 7) is 0.554. The first-order valence-electron chi connectivity index (χ1n) is 4.27. The lowest BCUT2D eigenvalue weighted by Crippen LogP contribution is -2.30. The third kappa shape index (κ3) is 1.17. The first-order valence-corrected chi connectivity index (χ1v) is 4.27. The van der Waals surface area contributed by atoms with Gasteiger partial charge in [-0.15, -0.1) is 0 Å². The molecule has 2 fully saturated rings. The fraction of sp³-hybridized carbons (Fsp3) is 0.750. The monoisotopic (exact) mass is 168 g/mol. The molecule has 66 valence electrons. The quantitative estimate of drug-likeness (QED) is 0.603. The van der Waals surface area contributed by atoms with E-state index < -0.39 is 0 Å². The van der Waals surface area contributed by atoms with Crippen LogP contribution in [-0.2, 0) is 9.59 Å². The van der Waals surface area contributed by atoms with Crippen molar-refractivity contribution in [1.82, 2.24) is 4.90 Å². The lowest BCUT2D eigenvalue weighted by molar-refractivity contribution is -0.128. The van der Waals surface area contributed by atoms with E-state index in [1.165, 1.54) is 0 Å². The van der Waals surface area contributed by atoms with Gasteiger partial charge in [-0.3, -0.25) is 9.59 Å². The van der Waals surface area contributed by atoms with Gasteiger partial charge >= 0.3 is 0 Å². The van der Waals surface area contributed by atoms with Gasteiger partial charge in [-0.1, -0.05) is 0 Å².